The summed E-state index contributed by atoms with van der Waals surface area (Å²) in [5, 5.41) is 7.04. The SMILES string of the molecule is CC(C)(C)c1cc(N)c(Nc2ccccc2N=O)s1. The molecule has 0 amide bonds. The topological polar surface area (TPSA) is 67.5 Å². The third kappa shape index (κ3) is 2.93. The molecule has 1 heterocycles. The Morgan fingerprint density at radius 2 is 1.95 bits per heavy atom. The third-order valence-corrected chi connectivity index (χ3v) is 4.24. The molecule has 0 radical (unpaired) electrons. The summed E-state index contributed by atoms with van der Waals surface area (Å²) in [5.74, 6) is 0. The van der Waals surface area contributed by atoms with Crippen molar-refractivity contribution in [2.24, 2.45) is 5.18 Å². The number of hydrogen-bond acceptors (Lipinski definition) is 5. The number of nitrogens with one attached hydrogen (secondary N) is 1. The van der Waals surface area contributed by atoms with Gasteiger partial charge in [0.2, 0.25) is 0 Å². The first kappa shape index (κ1) is 13.5. The summed E-state index contributed by atoms with van der Waals surface area (Å²) in [6.07, 6.45) is 0. The second kappa shape index (κ2) is 5.01. The van der Waals surface area contributed by atoms with Crippen LogP contribution in [0.1, 0.15) is 25.6 Å². The average molecular weight is 275 g/mol. The van der Waals surface area contributed by atoms with Crippen molar-refractivity contribution in [3.8, 4) is 0 Å². The number of anilines is 3. The van der Waals surface area contributed by atoms with Crippen LogP contribution < -0.4 is 11.1 Å². The van der Waals surface area contributed by atoms with Gasteiger partial charge in [-0.1, -0.05) is 32.9 Å². The van der Waals surface area contributed by atoms with Gasteiger partial charge in [0.1, 0.15) is 10.7 Å². The van der Waals surface area contributed by atoms with Gasteiger partial charge in [-0.25, -0.2) is 0 Å². The van der Waals surface area contributed by atoms with Crippen LogP contribution in [0.3, 0.4) is 0 Å². The number of nitrogen functional groups attached to an aromatic ring is 1. The number of rotatable bonds is 3. The Hall–Kier alpha value is -1.88. The fourth-order valence-electron chi connectivity index (χ4n) is 1.65. The molecule has 0 aliphatic heterocycles. The molecule has 0 aliphatic carbocycles. The van der Waals surface area contributed by atoms with Crippen molar-refractivity contribution in [3.63, 3.8) is 0 Å². The van der Waals surface area contributed by atoms with Crippen LogP contribution in [0.4, 0.5) is 22.1 Å². The number of hydrogen-bond donors (Lipinski definition) is 2. The number of para-hydroxylation sites is 1. The van der Waals surface area contributed by atoms with E-state index in [2.05, 4.69) is 31.3 Å². The molecule has 0 bridgehead atoms. The number of nitrogens with two attached hydrogens (primary N) is 1. The lowest BCUT2D eigenvalue weighted by Crippen LogP contribution is -2.07. The van der Waals surface area contributed by atoms with Gasteiger partial charge in [0.05, 0.1) is 11.4 Å². The standard InChI is InChI=1S/C14H17N3OS/c1-14(2,3)12-8-9(15)13(19-12)16-10-6-4-5-7-11(10)17-18/h4-8,16H,15H2,1-3H3. The van der Waals surface area contributed by atoms with Crippen molar-refractivity contribution in [2.45, 2.75) is 26.2 Å². The van der Waals surface area contributed by atoms with E-state index < -0.39 is 0 Å². The van der Waals surface area contributed by atoms with Crippen molar-refractivity contribution in [2.75, 3.05) is 11.1 Å². The van der Waals surface area contributed by atoms with E-state index in [9.17, 15) is 4.91 Å². The number of thiophene rings is 1. The van der Waals surface area contributed by atoms with Crippen LogP contribution in [0.5, 0.6) is 0 Å². The molecule has 19 heavy (non-hydrogen) atoms. The molecule has 1 aromatic heterocycles. The van der Waals surface area contributed by atoms with E-state index in [1.165, 1.54) is 4.88 Å². The van der Waals surface area contributed by atoms with Gasteiger partial charge >= 0.3 is 0 Å². The molecule has 3 N–H and O–H groups in total. The summed E-state index contributed by atoms with van der Waals surface area (Å²) in [6, 6.07) is 9.09. The van der Waals surface area contributed by atoms with Gasteiger partial charge in [0, 0.05) is 4.88 Å². The maximum absolute atomic E-state index is 10.7. The molecular formula is C14H17N3OS. The first-order valence-electron chi connectivity index (χ1n) is 6.01. The van der Waals surface area contributed by atoms with Crippen molar-refractivity contribution in [1.29, 1.82) is 0 Å². The molecule has 5 heteroatoms. The van der Waals surface area contributed by atoms with Crippen LogP contribution in [0.25, 0.3) is 0 Å². The first-order chi connectivity index (χ1) is 8.91. The lowest BCUT2D eigenvalue weighted by atomic mass is 9.95. The molecule has 0 spiro atoms. The van der Waals surface area contributed by atoms with Gasteiger partial charge < -0.3 is 11.1 Å². The van der Waals surface area contributed by atoms with Gasteiger partial charge in [-0.2, -0.15) is 0 Å². The Kier molecular flexibility index (Phi) is 3.57. The van der Waals surface area contributed by atoms with Gasteiger partial charge in [0.15, 0.2) is 0 Å². The molecule has 0 fully saturated rings. The third-order valence-electron chi connectivity index (χ3n) is 2.75. The smallest absolute Gasteiger partial charge is 0.131 e. The highest BCUT2D eigenvalue weighted by Crippen LogP contribution is 2.40. The van der Waals surface area contributed by atoms with Crippen molar-refractivity contribution < 1.29 is 0 Å². The highest BCUT2D eigenvalue weighted by molar-refractivity contribution is 7.17. The van der Waals surface area contributed by atoms with Crippen LogP contribution in [0, 0.1) is 4.91 Å². The van der Waals surface area contributed by atoms with E-state index in [1.54, 1.807) is 23.5 Å². The predicted molar refractivity (Wildman–Crippen MR) is 82.6 cm³/mol. The van der Waals surface area contributed by atoms with Gasteiger partial charge in [-0.3, -0.25) is 0 Å². The molecule has 0 saturated carbocycles. The zero-order valence-electron chi connectivity index (χ0n) is 11.2. The summed E-state index contributed by atoms with van der Waals surface area (Å²) < 4.78 is 0. The molecule has 0 aliphatic rings. The monoisotopic (exact) mass is 275 g/mol. The Morgan fingerprint density at radius 1 is 1.26 bits per heavy atom. The molecule has 1 aromatic carbocycles. The van der Waals surface area contributed by atoms with Gasteiger partial charge in [-0.15, -0.1) is 16.2 Å². The molecule has 0 saturated heterocycles. The summed E-state index contributed by atoms with van der Waals surface area (Å²) in [5.41, 5.74) is 7.82. The predicted octanol–water partition coefficient (Wildman–Crippen LogP) is 4.77. The minimum atomic E-state index is 0.0567. The number of nitroso groups, excluding NO2 is 1. The Morgan fingerprint density at radius 3 is 2.53 bits per heavy atom. The molecule has 2 aromatic rings. The molecule has 0 atom stereocenters. The van der Waals surface area contributed by atoms with E-state index in [1.807, 2.05) is 18.2 Å². The van der Waals surface area contributed by atoms with Crippen molar-refractivity contribution in [1.82, 2.24) is 0 Å². The van der Waals surface area contributed by atoms with Crippen LogP contribution in [-0.4, -0.2) is 0 Å². The van der Waals surface area contributed by atoms with E-state index >= 15 is 0 Å². The van der Waals surface area contributed by atoms with Gasteiger partial charge in [-0.05, 0) is 28.8 Å². The lowest BCUT2D eigenvalue weighted by molar-refractivity contribution is 0.604. The Labute approximate surface area is 116 Å². The first-order valence-corrected chi connectivity index (χ1v) is 6.82. The molecule has 2 rings (SSSR count). The molecule has 100 valence electrons. The van der Waals surface area contributed by atoms with E-state index in [0.29, 0.717) is 17.1 Å². The van der Waals surface area contributed by atoms with Crippen molar-refractivity contribution >= 4 is 33.4 Å². The fraction of sp³-hybridized carbons (Fsp3) is 0.286. The fourth-order valence-corrected chi connectivity index (χ4v) is 2.70. The maximum Gasteiger partial charge on any atom is 0.131 e. The van der Waals surface area contributed by atoms with Crippen LogP contribution in [-0.2, 0) is 5.41 Å². The maximum atomic E-state index is 10.7. The van der Waals surface area contributed by atoms with E-state index in [-0.39, 0.29) is 5.41 Å². The quantitative estimate of drug-likeness (QED) is 0.793. The van der Waals surface area contributed by atoms with Crippen LogP contribution in [0.2, 0.25) is 0 Å². The highest BCUT2D eigenvalue weighted by atomic mass is 32.1. The number of benzene rings is 1. The van der Waals surface area contributed by atoms with Crippen LogP contribution in [0.15, 0.2) is 35.5 Å². The van der Waals surface area contributed by atoms with E-state index in [4.69, 9.17) is 5.73 Å². The summed E-state index contributed by atoms with van der Waals surface area (Å²) in [7, 11) is 0. The molecular weight excluding hydrogens is 258 g/mol. The lowest BCUT2D eigenvalue weighted by Gasteiger charge is -2.15. The zero-order chi connectivity index (χ0) is 14.0. The average Bonchev–Trinajstić information content (AvgIpc) is 2.72. The van der Waals surface area contributed by atoms with Crippen molar-refractivity contribution in [3.05, 3.63) is 40.1 Å². The van der Waals surface area contributed by atoms with E-state index in [0.717, 1.165) is 5.00 Å². The van der Waals surface area contributed by atoms with Gasteiger partial charge in [0.25, 0.3) is 0 Å². The summed E-state index contributed by atoms with van der Waals surface area (Å²) in [6.45, 7) is 6.43. The largest absolute Gasteiger partial charge is 0.396 e. The van der Waals surface area contributed by atoms with Crippen LogP contribution >= 0.6 is 11.3 Å². The Balaban J connectivity index is 2.34. The molecule has 0 unspecified atom stereocenters. The minimum absolute atomic E-state index is 0.0567. The normalized spacial score (nSPS) is 11.3. The second-order valence-electron chi connectivity index (χ2n) is 5.38. The highest BCUT2D eigenvalue weighted by Gasteiger charge is 2.19. The number of nitrogens with zero attached hydrogens (tertiary/aromatic N) is 1. The second-order valence-corrected chi connectivity index (χ2v) is 6.43. The minimum Gasteiger partial charge on any atom is -0.396 e. The summed E-state index contributed by atoms with van der Waals surface area (Å²) in [4.78, 5) is 11.9. The molecule has 4 nitrogen and oxygen atoms in total. The zero-order valence-corrected chi connectivity index (χ0v) is 12.0. The Bertz CT molecular complexity index is 599. The summed E-state index contributed by atoms with van der Waals surface area (Å²) >= 11 is 1.60.